The van der Waals surface area contributed by atoms with Gasteiger partial charge in [-0.2, -0.15) is 0 Å². The number of halogens is 1. The lowest BCUT2D eigenvalue weighted by Crippen LogP contribution is -2.59. The Morgan fingerprint density at radius 1 is 1.14 bits per heavy atom. The maximum absolute atomic E-state index is 14.9. The summed E-state index contributed by atoms with van der Waals surface area (Å²) >= 11 is 1.22. The predicted molar refractivity (Wildman–Crippen MR) is 152 cm³/mol. The fraction of sp³-hybridized carbons (Fsp3) is 0.414. The highest BCUT2D eigenvalue weighted by molar-refractivity contribution is 8.13. The molecule has 196 valence electrons. The van der Waals surface area contributed by atoms with Gasteiger partial charge >= 0.3 is 5.97 Å². The molecule has 5 nitrogen and oxygen atoms in total. The molecule has 4 unspecified atom stereocenters. The molecule has 2 aliphatic carbocycles. The summed E-state index contributed by atoms with van der Waals surface area (Å²) in [6, 6.07) is 11.4. The van der Waals surface area contributed by atoms with Crippen molar-refractivity contribution in [3.8, 4) is 10.4 Å². The molecule has 2 fully saturated rings. The van der Waals surface area contributed by atoms with Crippen LogP contribution >= 0.6 is 22.0 Å². The predicted octanol–water partition coefficient (Wildman–Crippen LogP) is 6.55. The number of hydrogen-bond acceptors (Lipinski definition) is 4. The van der Waals surface area contributed by atoms with Gasteiger partial charge < -0.3 is 10.0 Å². The fourth-order valence-corrected chi connectivity index (χ4v) is 8.97. The quantitative estimate of drug-likeness (QED) is 0.422. The monoisotopic (exact) mass is 540 g/mol. The number of piperazine rings is 1. The summed E-state index contributed by atoms with van der Waals surface area (Å²) in [5.74, 6) is -0.833. The zero-order valence-corrected chi connectivity index (χ0v) is 22.6. The van der Waals surface area contributed by atoms with Gasteiger partial charge in [0.05, 0.1) is 23.5 Å². The van der Waals surface area contributed by atoms with Crippen LogP contribution in [0.3, 0.4) is 0 Å². The van der Waals surface area contributed by atoms with E-state index in [0.717, 1.165) is 36.1 Å². The molecule has 0 radical (unpaired) electrons. The Morgan fingerprint density at radius 3 is 2.54 bits per heavy atom. The molecule has 37 heavy (non-hydrogen) atoms. The molecule has 1 aromatic heterocycles. The summed E-state index contributed by atoms with van der Waals surface area (Å²) in [5.41, 5.74) is 1.44. The van der Waals surface area contributed by atoms with Crippen molar-refractivity contribution >= 4 is 44.9 Å². The highest BCUT2D eigenvalue weighted by Gasteiger charge is 2.42. The van der Waals surface area contributed by atoms with Gasteiger partial charge in [-0.15, -0.1) is 22.0 Å². The molecule has 4 atom stereocenters. The Kier molecular flexibility index (Phi) is 8.07. The minimum absolute atomic E-state index is 0.105. The number of carbonyl (C=O) groups excluding carboxylic acids is 1. The van der Waals surface area contributed by atoms with Gasteiger partial charge in [-0.3, -0.25) is 4.79 Å². The molecule has 8 heteroatoms. The second-order valence-corrected chi connectivity index (χ2v) is 13.1. The van der Waals surface area contributed by atoms with Crippen LogP contribution in [-0.4, -0.2) is 57.2 Å². The van der Waals surface area contributed by atoms with E-state index in [-0.39, 0.29) is 34.5 Å². The highest BCUT2D eigenvalue weighted by Crippen LogP contribution is 2.43. The first-order valence-electron chi connectivity index (χ1n) is 13.0. The first kappa shape index (κ1) is 26.1. The zero-order valence-electron chi connectivity index (χ0n) is 21.0. The molecule has 1 amide bonds. The first-order valence-corrected chi connectivity index (χ1v) is 15.1. The number of hydrogen-bond donors (Lipinski definition) is 1. The fourth-order valence-electron chi connectivity index (χ4n) is 5.83. The molecule has 0 bridgehead atoms. The van der Waals surface area contributed by atoms with Crippen LogP contribution in [0.2, 0.25) is 0 Å². The van der Waals surface area contributed by atoms with Crippen molar-refractivity contribution in [2.24, 2.45) is 5.92 Å². The van der Waals surface area contributed by atoms with Gasteiger partial charge in [-0.05, 0) is 48.8 Å². The maximum atomic E-state index is 14.9. The molecule has 5 rings (SSSR count). The molecule has 2 aromatic rings. The molecule has 1 saturated carbocycles. The number of nitrogens with zero attached hydrogens (tertiary/aromatic N) is 2. The summed E-state index contributed by atoms with van der Waals surface area (Å²) in [5, 5.41) is 11.8. The normalized spacial score (nSPS) is 26.1. The lowest BCUT2D eigenvalue weighted by atomic mass is 9.82. The van der Waals surface area contributed by atoms with E-state index in [2.05, 4.69) is 4.31 Å². The van der Waals surface area contributed by atoms with Crippen molar-refractivity contribution in [3.05, 3.63) is 65.6 Å². The number of aromatic carboxylic acids is 1. The van der Waals surface area contributed by atoms with Gasteiger partial charge in [0.15, 0.2) is 0 Å². The van der Waals surface area contributed by atoms with Crippen LogP contribution < -0.4 is 4.90 Å². The van der Waals surface area contributed by atoms with E-state index < -0.39 is 22.8 Å². The molecular weight excluding hydrogens is 507 g/mol. The van der Waals surface area contributed by atoms with Gasteiger partial charge in [-0.1, -0.05) is 67.8 Å². The Balaban J connectivity index is 1.53. The van der Waals surface area contributed by atoms with Crippen LogP contribution in [0.15, 0.2) is 60.7 Å². The lowest BCUT2D eigenvalue weighted by Gasteiger charge is -2.47. The highest BCUT2D eigenvalue weighted by atomic mass is 32.2. The average molecular weight is 541 g/mol. The molecule has 1 N–H and O–H groups in total. The van der Waals surface area contributed by atoms with E-state index in [0.29, 0.717) is 12.2 Å². The number of benzene rings is 1. The number of carboxylic acids is 1. The van der Waals surface area contributed by atoms with Crippen molar-refractivity contribution in [1.29, 1.82) is 0 Å². The smallest absolute Gasteiger partial charge is 0.348 e. The summed E-state index contributed by atoms with van der Waals surface area (Å²) in [6.07, 6.45) is 11.5. The Bertz CT molecular complexity index is 1230. The number of carboxylic acid groups (broad SMARTS) is 1. The SMILES string of the molecule is C/C=S(\C1C=CC=CC1F)N1CC(=O)N(c2cc(-c3ccccc3)sc2C(=O)O)C(C2CCCCC2)C1. The van der Waals surface area contributed by atoms with Crippen molar-refractivity contribution in [2.75, 3.05) is 18.0 Å². The Morgan fingerprint density at radius 2 is 1.86 bits per heavy atom. The van der Waals surface area contributed by atoms with Gasteiger partial charge in [0.25, 0.3) is 0 Å². The molecule has 1 aliphatic heterocycles. The van der Waals surface area contributed by atoms with Gasteiger partial charge in [0, 0.05) is 11.4 Å². The number of rotatable bonds is 6. The standard InChI is InChI=1S/C29H33FN2O3S2/c1-2-37(26-16-10-9-15-22(26)30)31-18-24(20-11-5-3-6-12-20)32(27(33)19-31)23-17-25(36-28(23)29(34)35)21-13-7-4-8-14-21/h2,4,7-10,13-17,20,22,24,26H,3,5-6,11-12,18-19H2,1H3,(H,34,35). The Labute approximate surface area is 224 Å². The van der Waals surface area contributed by atoms with Gasteiger partial charge in [0.2, 0.25) is 5.91 Å². The zero-order chi connectivity index (χ0) is 25.9. The van der Waals surface area contributed by atoms with E-state index >= 15 is 0 Å². The second kappa shape index (κ2) is 11.5. The van der Waals surface area contributed by atoms with Crippen molar-refractivity contribution in [3.63, 3.8) is 0 Å². The third-order valence-corrected chi connectivity index (χ3v) is 11.1. The second-order valence-electron chi connectivity index (χ2n) is 9.81. The van der Waals surface area contributed by atoms with Crippen molar-refractivity contribution in [2.45, 2.75) is 56.5 Å². The van der Waals surface area contributed by atoms with Crippen LogP contribution in [0.5, 0.6) is 0 Å². The number of alkyl halides is 1. The number of carbonyl (C=O) groups is 2. The number of anilines is 1. The number of amides is 1. The topological polar surface area (TPSA) is 60.9 Å². The van der Waals surface area contributed by atoms with E-state index in [4.69, 9.17) is 0 Å². The minimum atomic E-state index is -1.09. The van der Waals surface area contributed by atoms with Gasteiger partial charge in [-0.25, -0.2) is 13.5 Å². The minimum Gasteiger partial charge on any atom is -0.477 e. The lowest BCUT2D eigenvalue weighted by molar-refractivity contribution is -0.121. The van der Waals surface area contributed by atoms with Crippen LogP contribution in [0.4, 0.5) is 10.1 Å². The third kappa shape index (κ3) is 5.38. The first-order chi connectivity index (χ1) is 18.0. The average Bonchev–Trinajstić information content (AvgIpc) is 3.36. The van der Waals surface area contributed by atoms with E-state index in [9.17, 15) is 19.1 Å². The largest absolute Gasteiger partial charge is 0.477 e. The molecular formula is C29H33FN2O3S2. The van der Waals surface area contributed by atoms with Crippen LogP contribution in [0.1, 0.15) is 48.7 Å². The molecule has 0 spiro atoms. The maximum Gasteiger partial charge on any atom is 0.348 e. The van der Waals surface area contributed by atoms with Crippen molar-refractivity contribution < 1.29 is 19.1 Å². The molecule has 3 aliphatic rings. The van der Waals surface area contributed by atoms with Crippen LogP contribution in [-0.2, 0) is 4.79 Å². The number of thiophene rings is 1. The Hall–Kier alpha value is -2.55. The summed E-state index contributed by atoms with van der Waals surface area (Å²) < 4.78 is 17.0. The van der Waals surface area contributed by atoms with Crippen molar-refractivity contribution in [1.82, 2.24) is 4.31 Å². The molecule has 2 heterocycles. The summed E-state index contributed by atoms with van der Waals surface area (Å²) in [6.45, 7) is 2.70. The van der Waals surface area contributed by atoms with E-state index in [1.165, 1.54) is 17.8 Å². The molecule has 1 saturated heterocycles. The summed E-state index contributed by atoms with van der Waals surface area (Å²) in [7, 11) is -0.556. The van der Waals surface area contributed by atoms with E-state index in [1.54, 1.807) is 17.1 Å². The number of allylic oxidation sites excluding steroid dienone is 3. The third-order valence-electron chi connectivity index (χ3n) is 7.56. The van der Waals surface area contributed by atoms with Crippen LogP contribution in [0, 0.1) is 5.92 Å². The summed E-state index contributed by atoms with van der Waals surface area (Å²) in [4.78, 5) is 29.1. The van der Waals surface area contributed by atoms with Crippen LogP contribution in [0.25, 0.3) is 10.4 Å². The van der Waals surface area contributed by atoms with Gasteiger partial charge in [0.1, 0.15) is 11.0 Å². The van der Waals surface area contributed by atoms with E-state index in [1.807, 2.05) is 60.8 Å². The molecule has 1 aromatic carbocycles.